The maximum absolute atomic E-state index is 12.8. The number of aryl methyl sites for hydroxylation is 1. The van der Waals surface area contributed by atoms with E-state index in [-0.39, 0.29) is 11.6 Å². The molecule has 0 unspecified atom stereocenters. The van der Waals surface area contributed by atoms with Gasteiger partial charge in [-0.2, -0.15) is 0 Å². The minimum absolute atomic E-state index is 0.0963. The highest BCUT2D eigenvalue weighted by Crippen LogP contribution is 2.29. The summed E-state index contributed by atoms with van der Waals surface area (Å²) < 4.78 is 1.96. The third-order valence-corrected chi connectivity index (χ3v) is 4.71. The summed E-state index contributed by atoms with van der Waals surface area (Å²) in [6.45, 7) is 7.04. The van der Waals surface area contributed by atoms with Crippen molar-refractivity contribution in [2.45, 2.75) is 46.1 Å². The molecular formula is C16H21N3OS. The monoisotopic (exact) mass is 303 g/mol. The molecule has 0 amide bonds. The fraction of sp³-hybridized carbons (Fsp3) is 0.500. The van der Waals surface area contributed by atoms with Crippen molar-refractivity contribution in [3.05, 3.63) is 33.1 Å². The van der Waals surface area contributed by atoms with E-state index in [1.807, 2.05) is 16.9 Å². The Morgan fingerprint density at radius 3 is 2.95 bits per heavy atom. The van der Waals surface area contributed by atoms with Crippen LogP contribution in [0.1, 0.15) is 44.5 Å². The molecule has 21 heavy (non-hydrogen) atoms. The number of pyridine rings is 1. The van der Waals surface area contributed by atoms with Crippen LogP contribution in [-0.2, 0) is 12.8 Å². The number of hydrogen-bond acceptors (Lipinski definition) is 4. The summed E-state index contributed by atoms with van der Waals surface area (Å²) in [5, 5.41) is 6.06. The maximum Gasteiger partial charge on any atom is 0.260 e. The van der Waals surface area contributed by atoms with E-state index in [0.717, 1.165) is 42.2 Å². The predicted octanol–water partition coefficient (Wildman–Crippen LogP) is 3.47. The van der Waals surface area contributed by atoms with Crippen molar-refractivity contribution >= 4 is 16.5 Å². The highest BCUT2D eigenvalue weighted by Gasteiger charge is 2.22. The summed E-state index contributed by atoms with van der Waals surface area (Å²) in [7, 11) is 0. The van der Waals surface area contributed by atoms with Crippen LogP contribution in [0.2, 0.25) is 0 Å². The Morgan fingerprint density at radius 2 is 2.24 bits per heavy atom. The summed E-state index contributed by atoms with van der Waals surface area (Å²) in [4.78, 5) is 17.4. The largest absolute Gasteiger partial charge is 0.362 e. The number of aromatic nitrogens is 2. The number of nitrogens with one attached hydrogen (secondary N) is 1. The van der Waals surface area contributed by atoms with Crippen LogP contribution in [0.3, 0.4) is 0 Å². The molecule has 1 aliphatic carbocycles. The molecule has 0 saturated carbocycles. The van der Waals surface area contributed by atoms with Gasteiger partial charge in [-0.3, -0.25) is 4.79 Å². The number of nitrogens with zero attached hydrogens (tertiary/aromatic N) is 2. The van der Waals surface area contributed by atoms with E-state index in [0.29, 0.717) is 0 Å². The minimum atomic E-state index is 0.0963. The van der Waals surface area contributed by atoms with Gasteiger partial charge in [-0.05, 0) is 51.7 Å². The maximum atomic E-state index is 12.8. The zero-order valence-electron chi connectivity index (χ0n) is 12.8. The van der Waals surface area contributed by atoms with Gasteiger partial charge in [0, 0.05) is 23.7 Å². The van der Waals surface area contributed by atoms with Crippen molar-refractivity contribution in [2.75, 3.05) is 11.9 Å². The molecule has 2 heterocycles. The van der Waals surface area contributed by atoms with Gasteiger partial charge in [-0.15, -0.1) is 11.3 Å². The van der Waals surface area contributed by atoms with Gasteiger partial charge in [-0.1, -0.05) is 0 Å². The van der Waals surface area contributed by atoms with Gasteiger partial charge in [0.25, 0.3) is 5.56 Å². The lowest BCUT2D eigenvalue weighted by Crippen LogP contribution is -2.26. The topological polar surface area (TPSA) is 46.9 Å². The first-order chi connectivity index (χ1) is 10.1. The molecule has 1 N–H and O–H groups in total. The Bertz CT molecular complexity index is 715. The normalized spacial score (nSPS) is 13.7. The van der Waals surface area contributed by atoms with Crippen molar-refractivity contribution in [1.82, 2.24) is 9.55 Å². The van der Waals surface area contributed by atoms with Crippen LogP contribution >= 0.6 is 11.3 Å². The second-order valence-electron chi connectivity index (χ2n) is 5.72. The van der Waals surface area contributed by atoms with E-state index in [2.05, 4.69) is 30.2 Å². The number of rotatable bonds is 4. The molecule has 1 aliphatic rings. The molecule has 0 radical (unpaired) electrons. The van der Waals surface area contributed by atoms with Gasteiger partial charge < -0.3 is 9.88 Å². The summed E-state index contributed by atoms with van der Waals surface area (Å²) in [6.07, 6.45) is 3.23. The van der Waals surface area contributed by atoms with Crippen molar-refractivity contribution in [2.24, 2.45) is 0 Å². The second-order valence-corrected chi connectivity index (χ2v) is 6.58. The van der Waals surface area contributed by atoms with E-state index in [1.165, 1.54) is 11.3 Å². The standard InChI is InChI=1S/C16H21N3OS/c1-4-17-16-18-13(9-21-16)12-8-11-6-5-7-14(11)19(10(2)3)15(12)20/h8-10H,4-7H2,1-3H3,(H,17,18). The molecule has 0 aromatic carbocycles. The Kier molecular flexibility index (Phi) is 3.85. The van der Waals surface area contributed by atoms with Gasteiger partial charge >= 0.3 is 0 Å². The van der Waals surface area contributed by atoms with Crippen LogP contribution in [0.15, 0.2) is 16.2 Å². The fourth-order valence-electron chi connectivity index (χ4n) is 3.03. The zero-order valence-corrected chi connectivity index (χ0v) is 13.6. The van der Waals surface area contributed by atoms with Gasteiger partial charge in [0.05, 0.1) is 11.3 Å². The molecular weight excluding hydrogens is 282 g/mol. The molecule has 0 bridgehead atoms. The summed E-state index contributed by atoms with van der Waals surface area (Å²) in [5.41, 5.74) is 4.17. The average molecular weight is 303 g/mol. The zero-order chi connectivity index (χ0) is 15.0. The van der Waals surface area contributed by atoms with E-state index >= 15 is 0 Å². The SMILES string of the molecule is CCNc1nc(-c2cc3c(n(C(C)C)c2=O)CCC3)cs1. The van der Waals surface area contributed by atoms with Gasteiger partial charge in [0.1, 0.15) is 0 Å². The highest BCUT2D eigenvalue weighted by atomic mass is 32.1. The molecule has 0 aliphatic heterocycles. The van der Waals surface area contributed by atoms with E-state index < -0.39 is 0 Å². The van der Waals surface area contributed by atoms with Crippen molar-refractivity contribution < 1.29 is 0 Å². The average Bonchev–Trinajstić information content (AvgIpc) is 3.06. The molecule has 0 saturated heterocycles. The lowest BCUT2D eigenvalue weighted by molar-refractivity contribution is 0.555. The lowest BCUT2D eigenvalue weighted by Gasteiger charge is -2.17. The Hall–Kier alpha value is -1.62. The molecule has 3 rings (SSSR count). The smallest absolute Gasteiger partial charge is 0.260 e. The van der Waals surface area contributed by atoms with Crippen LogP contribution in [0.5, 0.6) is 0 Å². The van der Waals surface area contributed by atoms with Crippen molar-refractivity contribution in [1.29, 1.82) is 0 Å². The summed E-state index contributed by atoms with van der Waals surface area (Å²) >= 11 is 1.55. The van der Waals surface area contributed by atoms with Gasteiger partial charge in [-0.25, -0.2) is 4.98 Å². The summed E-state index contributed by atoms with van der Waals surface area (Å²) in [5.74, 6) is 0. The minimum Gasteiger partial charge on any atom is -0.362 e. The molecule has 0 atom stereocenters. The Labute approximate surface area is 128 Å². The molecule has 0 fully saturated rings. The van der Waals surface area contributed by atoms with Crippen LogP contribution in [0, 0.1) is 0 Å². The third kappa shape index (κ3) is 2.50. The van der Waals surface area contributed by atoms with Gasteiger partial charge in [0.2, 0.25) is 0 Å². The lowest BCUT2D eigenvalue weighted by atomic mass is 10.1. The number of anilines is 1. The van der Waals surface area contributed by atoms with E-state index in [1.54, 1.807) is 11.3 Å². The second kappa shape index (κ2) is 5.64. The predicted molar refractivity (Wildman–Crippen MR) is 88.4 cm³/mol. The van der Waals surface area contributed by atoms with Crippen molar-refractivity contribution in [3.63, 3.8) is 0 Å². The van der Waals surface area contributed by atoms with E-state index in [4.69, 9.17) is 0 Å². The Morgan fingerprint density at radius 1 is 1.43 bits per heavy atom. The van der Waals surface area contributed by atoms with Crippen LogP contribution in [-0.4, -0.2) is 16.1 Å². The third-order valence-electron chi connectivity index (χ3n) is 3.91. The Balaban J connectivity index is 2.14. The fourth-order valence-corrected chi connectivity index (χ4v) is 3.81. The van der Waals surface area contributed by atoms with Gasteiger partial charge in [0.15, 0.2) is 5.13 Å². The first-order valence-corrected chi connectivity index (χ1v) is 8.46. The highest BCUT2D eigenvalue weighted by molar-refractivity contribution is 7.14. The molecule has 5 heteroatoms. The number of thiazole rings is 1. The van der Waals surface area contributed by atoms with Crippen LogP contribution in [0.4, 0.5) is 5.13 Å². The van der Waals surface area contributed by atoms with E-state index in [9.17, 15) is 4.79 Å². The molecule has 2 aromatic heterocycles. The number of hydrogen-bond donors (Lipinski definition) is 1. The van der Waals surface area contributed by atoms with Crippen LogP contribution in [0.25, 0.3) is 11.3 Å². The quantitative estimate of drug-likeness (QED) is 0.940. The van der Waals surface area contributed by atoms with Crippen molar-refractivity contribution in [3.8, 4) is 11.3 Å². The summed E-state index contributed by atoms with van der Waals surface area (Å²) in [6, 6.07) is 2.25. The molecule has 4 nitrogen and oxygen atoms in total. The first-order valence-electron chi connectivity index (χ1n) is 7.59. The molecule has 2 aromatic rings. The molecule has 112 valence electrons. The van der Waals surface area contributed by atoms with Crippen LogP contribution < -0.4 is 10.9 Å². The number of fused-ring (bicyclic) bond motifs is 1. The first kappa shape index (κ1) is 14.3. The molecule has 0 spiro atoms.